The number of halogens is 1. The van der Waals surface area contributed by atoms with E-state index in [2.05, 4.69) is 37.4 Å². The zero-order valence-corrected chi connectivity index (χ0v) is 11.0. The molecular weight excluding hydrogens is 280 g/mol. The van der Waals surface area contributed by atoms with Crippen LogP contribution in [0.3, 0.4) is 0 Å². The Morgan fingerprint density at radius 1 is 1.24 bits per heavy atom. The smallest absolute Gasteiger partial charge is 0.115 e. The second-order valence-corrected chi connectivity index (χ2v) is 4.63. The molecule has 0 radical (unpaired) electrons. The first kappa shape index (κ1) is 12.2. The van der Waals surface area contributed by atoms with Gasteiger partial charge in [0.05, 0.1) is 6.04 Å². The van der Waals surface area contributed by atoms with Gasteiger partial charge in [0.2, 0.25) is 0 Å². The average Bonchev–Trinajstić information content (AvgIpc) is 2.36. The van der Waals surface area contributed by atoms with Crippen molar-refractivity contribution in [2.24, 2.45) is 5.84 Å². The van der Waals surface area contributed by atoms with Crippen molar-refractivity contribution in [3.8, 4) is 0 Å². The normalized spacial score (nSPS) is 12.4. The fourth-order valence-electron chi connectivity index (χ4n) is 1.69. The first-order valence-corrected chi connectivity index (χ1v) is 5.98. The Morgan fingerprint density at radius 2 is 1.94 bits per heavy atom. The zero-order valence-electron chi connectivity index (χ0n) is 9.39. The summed E-state index contributed by atoms with van der Waals surface area (Å²) in [6.45, 7) is 2.04. The van der Waals surface area contributed by atoms with Crippen LogP contribution >= 0.6 is 15.9 Å². The lowest BCUT2D eigenvalue weighted by molar-refractivity contribution is 0.631. The molecular formula is C12H13BrN4. The minimum atomic E-state index is -0.0944. The van der Waals surface area contributed by atoms with E-state index < -0.39 is 0 Å². The van der Waals surface area contributed by atoms with Gasteiger partial charge in [0, 0.05) is 22.4 Å². The second-order valence-electron chi connectivity index (χ2n) is 3.78. The number of aromatic nitrogens is 2. The van der Waals surface area contributed by atoms with E-state index >= 15 is 0 Å². The van der Waals surface area contributed by atoms with Gasteiger partial charge in [-0.05, 0) is 24.1 Å². The predicted molar refractivity (Wildman–Crippen MR) is 70.1 cm³/mol. The van der Waals surface area contributed by atoms with Gasteiger partial charge in [0.1, 0.15) is 6.33 Å². The van der Waals surface area contributed by atoms with E-state index in [0.717, 1.165) is 15.6 Å². The average molecular weight is 293 g/mol. The molecule has 2 rings (SSSR count). The number of hydrogen-bond donors (Lipinski definition) is 2. The summed E-state index contributed by atoms with van der Waals surface area (Å²) in [6.07, 6.45) is 5.02. The second kappa shape index (κ2) is 5.35. The van der Waals surface area contributed by atoms with Gasteiger partial charge < -0.3 is 0 Å². The van der Waals surface area contributed by atoms with Crippen molar-refractivity contribution in [2.45, 2.75) is 13.0 Å². The van der Waals surface area contributed by atoms with Crippen molar-refractivity contribution >= 4 is 15.9 Å². The summed E-state index contributed by atoms with van der Waals surface area (Å²) in [5.41, 5.74) is 5.98. The quantitative estimate of drug-likeness (QED) is 0.672. The molecule has 0 bridgehead atoms. The monoisotopic (exact) mass is 292 g/mol. The van der Waals surface area contributed by atoms with Crippen LogP contribution in [0.25, 0.3) is 0 Å². The van der Waals surface area contributed by atoms with E-state index in [1.165, 1.54) is 11.9 Å². The van der Waals surface area contributed by atoms with E-state index in [-0.39, 0.29) is 6.04 Å². The molecule has 0 spiro atoms. The van der Waals surface area contributed by atoms with Crippen LogP contribution < -0.4 is 11.3 Å². The van der Waals surface area contributed by atoms with Crippen LogP contribution in [0.4, 0.5) is 0 Å². The fourth-order valence-corrected chi connectivity index (χ4v) is 1.94. The molecule has 0 aliphatic heterocycles. The molecule has 17 heavy (non-hydrogen) atoms. The minimum absolute atomic E-state index is 0.0944. The highest BCUT2D eigenvalue weighted by Gasteiger charge is 2.13. The van der Waals surface area contributed by atoms with Crippen LogP contribution in [0.2, 0.25) is 0 Å². The lowest BCUT2D eigenvalue weighted by Crippen LogP contribution is -2.29. The summed E-state index contributed by atoms with van der Waals surface area (Å²) >= 11 is 3.48. The molecule has 1 aromatic heterocycles. The van der Waals surface area contributed by atoms with Gasteiger partial charge in [0.25, 0.3) is 0 Å². The maximum absolute atomic E-state index is 5.61. The summed E-state index contributed by atoms with van der Waals surface area (Å²) in [5.74, 6) is 5.61. The van der Waals surface area contributed by atoms with E-state index in [0.29, 0.717) is 0 Å². The molecule has 1 unspecified atom stereocenters. The van der Waals surface area contributed by atoms with Crippen LogP contribution in [0.1, 0.15) is 22.7 Å². The first-order chi connectivity index (χ1) is 8.22. The Kier molecular flexibility index (Phi) is 3.83. The van der Waals surface area contributed by atoms with Gasteiger partial charge in [-0.25, -0.2) is 15.4 Å². The Labute approximate surface area is 108 Å². The molecule has 1 heterocycles. The van der Waals surface area contributed by atoms with Crippen LogP contribution in [0, 0.1) is 6.92 Å². The molecule has 4 nitrogen and oxygen atoms in total. The number of benzene rings is 1. The Hall–Kier alpha value is -1.30. The van der Waals surface area contributed by atoms with E-state index in [1.54, 1.807) is 12.4 Å². The number of hydrazine groups is 1. The number of hydrogen-bond acceptors (Lipinski definition) is 4. The highest BCUT2D eigenvalue weighted by atomic mass is 79.9. The summed E-state index contributed by atoms with van der Waals surface area (Å²) in [6, 6.07) is 6.03. The van der Waals surface area contributed by atoms with Crippen LogP contribution in [-0.4, -0.2) is 9.97 Å². The Morgan fingerprint density at radius 3 is 2.53 bits per heavy atom. The third-order valence-electron chi connectivity index (χ3n) is 2.60. The number of nitrogens with one attached hydrogen (secondary N) is 1. The number of nitrogens with two attached hydrogens (primary N) is 1. The molecule has 5 heteroatoms. The van der Waals surface area contributed by atoms with Gasteiger partial charge in [-0.2, -0.15) is 0 Å². The summed E-state index contributed by atoms with van der Waals surface area (Å²) in [4.78, 5) is 8.01. The van der Waals surface area contributed by atoms with Crippen molar-refractivity contribution < 1.29 is 0 Å². The molecule has 0 amide bonds. The van der Waals surface area contributed by atoms with Crippen molar-refractivity contribution in [3.63, 3.8) is 0 Å². The van der Waals surface area contributed by atoms with Crippen LogP contribution in [0.15, 0.2) is 41.4 Å². The van der Waals surface area contributed by atoms with Gasteiger partial charge in [-0.15, -0.1) is 0 Å². The maximum Gasteiger partial charge on any atom is 0.115 e. The summed E-state index contributed by atoms with van der Waals surface area (Å²) in [7, 11) is 0. The molecule has 0 fully saturated rings. The van der Waals surface area contributed by atoms with Crippen molar-refractivity contribution in [1.82, 2.24) is 15.4 Å². The van der Waals surface area contributed by atoms with Gasteiger partial charge in [-0.1, -0.05) is 28.1 Å². The molecule has 0 saturated carbocycles. The predicted octanol–water partition coefficient (Wildman–Crippen LogP) is 2.10. The van der Waals surface area contributed by atoms with Crippen LogP contribution in [-0.2, 0) is 0 Å². The standard InChI is InChI=1S/C12H13BrN4/c1-8-4-9(2-3-11(8)13)12(17-14)10-5-15-7-16-6-10/h2-7,12,17H,14H2,1H3. The molecule has 0 aliphatic rings. The highest BCUT2D eigenvalue weighted by Crippen LogP contribution is 2.24. The lowest BCUT2D eigenvalue weighted by atomic mass is 10.0. The van der Waals surface area contributed by atoms with E-state index in [9.17, 15) is 0 Å². The summed E-state index contributed by atoms with van der Waals surface area (Å²) in [5, 5.41) is 0. The number of aryl methyl sites for hydroxylation is 1. The van der Waals surface area contributed by atoms with Crippen molar-refractivity contribution in [3.05, 3.63) is 58.1 Å². The largest absolute Gasteiger partial charge is 0.271 e. The molecule has 0 aliphatic carbocycles. The van der Waals surface area contributed by atoms with Gasteiger partial charge >= 0.3 is 0 Å². The minimum Gasteiger partial charge on any atom is -0.271 e. The fraction of sp³-hybridized carbons (Fsp3) is 0.167. The SMILES string of the molecule is Cc1cc(C(NN)c2cncnc2)ccc1Br. The molecule has 3 N–H and O–H groups in total. The molecule has 0 saturated heterocycles. The zero-order chi connectivity index (χ0) is 12.3. The van der Waals surface area contributed by atoms with E-state index in [4.69, 9.17) is 5.84 Å². The van der Waals surface area contributed by atoms with Gasteiger partial charge in [-0.3, -0.25) is 5.84 Å². The van der Waals surface area contributed by atoms with Crippen molar-refractivity contribution in [2.75, 3.05) is 0 Å². The third kappa shape index (κ3) is 2.69. The number of nitrogens with zero attached hydrogens (tertiary/aromatic N) is 2. The lowest BCUT2D eigenvalue weighted by Gasteiger charge is -2.16. The molecule has 1 atom stereocenters. The van der Waals surface area contributed by atoms with Gasteiger partial charge in [0.15, 0.2) is 0 Å². The molecule has 88 valence electrons. The molecule has 2 aromatic rings. The molecule has 1 aromatic carbocycles. The maximum atomic E-state index is 5.61. The van der Waals surface area contributed by atoms with Crippen LogP contribution in [0.5, 0.6) is 0 Å². The topological polar surface area (TPSA) is 63.8 Å². The Balaban J connectivity index is 2.39. The van der Waals surface area contributed by atoms with Crippen molar-refractivity contribution in [1.29, 1.82) is 0 Å². The third-order valence-corrected chi connectivity index (χ3v) is 3.49. The highest BCUT2D eigenvalue weighted by molar-refractivity contribution is 9.10. The summed E-state index contributed by atoms with van der Waals surface area (Å²) < 4.78 is 1.08. The Bertz CT molecular complexity index is 501. The first-order valence-electron chi connectivity index (χ1n) is 5.19. The van der Waals surface area contributed by atoms with E-state index in [1.807, 2.05) is 19.1 Å². The number of rotatable bonds is 3.